The molecule has 2 aliphatic rings. The van der Waals surface area contributed by atoms with Gasteiger partial charge in [0.25, 0.3) is 5.91 Å². The first-order valence-electron chi connectivity index (χ1n) is 12.0. The van der Waals surface area contributed by atoms with Gasteiger partial charge in [-0.3, -0.25) is 14.2 Å². The van der Waals surface area contributed by atoms with E-state index in [0.29, 0.717) is 11.0 Å². The van der Waals surface area contributed by atoms with E-state index in [-0.39, 0.29) is 65.6 Å². The lowest BCUT2D eigenvalue weighted by molar-refractivity contribution is -0.128. The molecule has 0 bridgehead atoms. The highest BCUT2D eigenvalue weighted by Crippen LogP contribution is 2.45. The van der Waals surface area contributed by atoms with Gasteiger partial charge in [-0.15, -0.1) is 0 Å². The van der Waals surface area contributed by atoms with Crippen molar-refractivity contribution in [3.05, 3.63) is 77.6 Å². The normalized spacial score (nSPS) is 16.9. The number of hydrogen-bond donors (Lipinski definition) is 1. The van der Waals surface area contributed by atoms with Gasteiger partial charge in [-0.2, -0.15) is 0 Å². The quantitative estimate of drug-likeness (QED) is 0.387. The van der Waals surface area contributed by atoms with Crippen LogP contribution in [0.15, 0.2) is 55.4 Å². The summed E-state index contributed by atoms with van der Waals surface area (Å²) in [6, 6.07) is 7.20. The summed E-state index contributed by atoms with van der Waals surface area (Å²) in [6.07, 6.45) is 2.57. The highest BCUT2D eigenvalue weighted by molar-refractivity contribution is 6.35. The molecule has 198 valence electrons. The lowest BCUT2D eigenvalue weighted by atomic mass is 10.1. The van der Waals surface area contributed by atoms with E-state index in [1.54, 1.807) is 9.80 Å². The molecule has 1 N–H and O–H groups in total. The molecule has 1 unspecified atom stereocenters. The minimum Gasteiger partial charge on any atom is -0.507 e. The number of carbonyl (C=O) groups excluding carboxylic acids is 2. The summed E-state index contributed by atoms with van der Waals surface area (Å²) in [5.41, 5.74) is 0.289. The van der Waals surface area contributed by atoms with Gasteiger partial charge < -0.3 is 19.6 Å². The summed E-state index contributed by atoms with van der Waals surface area (Å²) < 4.78 is 36.4. The highest BCUT2D eigenvalue weighted by Gasteiger charge is 2.40. The maximum absolute atomic E-state index is 15.0. The number of hydrogen-bond acceptors (Lipinski definition) is 6. The standard InChI is InChI=1S/C27H20ClF2N5O4/c1-2-20(37)33-8-9-34-15(11-33)12-39-25-22(27(34)38)26(35-13-31-17-10-14(29)6-7-18(17)35)32-24(23(25)28)21-16(30)4-3-5-19(21)36/h2-7,10,13,15,36H,1,8-9,11-12H2. The molecule has 0 aliphatic carbocycles. The van der Waals surface area contributed by atoms with Crippen molar-refractivity contribution in [1.82, 2.24) is 24.3 Å². The Hall–Kier alpha value is -4.51. The zero-order valence-electron chi connectivity index (χ0n) is 20.3. The van der Waals surface area contributed by atoms with E-state index in [0.717, 1.165) is 6.07 Å². The largest absolute Gasteiger partial charge is 0.507 e. The van der Waals surface area contributed by atoms with Gasteiger partial charge in [0.1, 0.15) is 46.6 Å². The van der Waals surface area contributed by atoms with Crippen LogP contribution < -0.4 is 4.74 Å². The Labute approximate surface area is 225 Å². The lowest BCUT2D eigenvalue weighted by Gasteiger charge is -2.39. The SMILES string of the molecule is C=CC(=O)N1CCN2C(=O)c3c(-n4cnc5cc(F)ccc54)nc(-c4c(O)cccc4F)c(Cl)c3OCC2C1. The fourth-order valence-corrected chi connectivity index (χ4v) is 5.30. The fourth-order valence-electron chi connectivity index (χ4n) is 5.02. The molecule has 4 aromatic rings. The number of fused-ring (bicyclic) bond motifs is 3. The number of pyridine rings is 1. The van der Waals surface area contributed by atoms with E-state index in [9.17, 15) is 23.5 Å². The summed E-state index contributed by atoms with van der Waals surface area (Å²) in [7, 11) is 0. The Morgan fingerprint density at radius 1 is 1.21 bits per heavy atom. The molecular formula is C27H20ClF2N5O4. The van der Waals surface area contributed by atoms with Gasteiger partial charge in [-0.25, -0.2) is 18.7 Å². The van der Waals surface area contributed by atoms with Crippen LogP contribution in [0.4, 0.5) is 8.78 Å². The van der Waals surface area contributed by atoms with Crippen molar-refractivity contribution in [3.63, 3.8) is 0 Å². The maximum atomic E-state index is 15.0. The number of benzene rings is 2. The molecule has 4 heterocycles. The average molecular weight is 552 g/mol. The van der Waals surface area contributed by atoms with Crippen LogP contribution >= 0.6 is 11.6 Å². The Balaban J connectivity index is 1.59. The molecule has 2 amide bonds. The van der Waals surface area contributed by atoms with E-state index in [2.05, 4.69) is 16.5 Å². The van der Waals surface area contributed by atoms with Crippen LogP contribution in [0.25, 0.3) is 28.1 Å². The molecule has 0 radical (unpaired) electrons. The molecule has 12 heteroatoms. The number of amides is 2. The molecule has 39 heavy (non-hydrogen) atoms. The van der Waals surface area contributed by atoms with Crippen LogP contribution in [-0.4, -0.2) is 73.5 Å². The maximum Gasteiger partial charge on any atom is 0.261 e. The molecule has 9 nitrogen and oxygen atoms in total. The Kier molecular flexibility index (Phi) is 5.95. The Morgan fingerprint density at radius 2 is 2.03 bits per heavy atom. The number of rotatable bonds is 3. The van der Waals surface area contributed by atoms with Crippen molar-refractivity contribution < 1.29 is 28.2 Å². The van der Waals surface area contributed by atoms with E-state index in [1.165, 1.54) is 47.3 Å². The number of aromatic hydroxyl groups is 1. The van der Waals surface area contributed by atoms with Crippen LogP contribution in [0.2, 0.25) is 5.02 Å². The van der Waals surface area contributed by atoms with Gasteiger partial charge in [0.05, 0.1) is 22.6 Å². The van der Waals surface area contributed by atoms with Crippen molar-refractivity contribution in [2.45, 2.75) is 6.04 Å². The summed E-state index contributed by atoms with van der Waals surface area (Å²) in [4.78, 5) is 38.3. The second kappa shape index (κ2) is 9.35. The van der Waals surface area contributed by atoms with Crippen LogP contribution in [0.1, 0.15) is 10.4 Å². The number of piperazine rings is 1. The molecule has 1 saturated heterocycles. The fraction of sp³-hybridized carbons (Fsp3) is 0.185. The second-order valence-electron chi connectivity index (χ2n) is 9.14. The van der Waals surface area contributed by atoms with Crippen LogP contribution in [-0.2, 0) is 4.79 Å². The number of nitrogens with zero attached hydrogens (tertiary/aromatic N) is 5. The molecule has 2 aromatic carbocycles. The van der Waals surface area contributed by atoms with E-state index >= 15 is 0 Å². The molecule has 6 rings (SSSR count). The Bertz CT molecular complexity index is 1670. The van der Waals surface area contributed by atoms with Crippen LogP contribution in [0, 0.1) is 11.6 Å². The molecule has 1 atom stereocenters. The first kappa shape index (κ1) is 24.8. The third kappa shape index (κ3) is 3.97. The number of carbonyl (C=O) groups is 2. The van der Waals surface area contributed by atoms with Gasteiger partial charge in [0.15, 0.2) is 11.6 Å². The highest BCUT2D eigenvalue weighted by atomic mass is 35.5. The predicted molar refractivity (Wildman–Crippen MR) is 138 cm³/mol. The average Bonchev–Trinajstić information content (AvgIpc) is 3.27. The van der Waals surface area contributed by atoms with Gasteiger partial charge in [0, 0.05) is 25.7 Å². The van der Waals surface area contributed by atoms with E-state index in [1.807, 2.05) is 0 Å². The number of phenols is 1. The van der Waals surface area contributed by atoms with Gasteiger partial charge in [-0.1, -0.05) is 24.2 Å². The molecular weight excluding hydrogens is 532 g/mol. The molecule has 1 fully saturated rings. The monoisotopic (exact) mass is 551 g/mol. The minimum absolute atomic E-state index is 0.00537. The van der Waals surface area contributed by atoms with Crippen molar-refractivity contribution in [1.29, 1.82) is 0 Å². The molecule has 0 spiro atoms. The summed E-state index contributed by atoms with van der Waals surface area (Å²) in [5, 5.41) is 10.3. The summed E-state index contributed by atoms with van der Waals surface area (Å²) in [6.45, 7) is 4.23. The molecule has 2 aromatic heterocycles. The third-order valence-electron chi connectivity index (χ3n) is 6.91. The zero-order chi connectivity index (χ0) is 27.4. The first-order valence-corrected chi connectivity index (χ1v) is 12.4. The zero-order valence-corrected chi connectivity index (χ0v) is 21.0. The van der Waals surface area contributed by atoms with Gasteiger partial charge in [-0.05, 0) is 30.3 Å². The van der Waals surface area contributed by atoms with Crippen molar-refractivity contribution >= 4 is 34.4 Å². The minimum atomic E-state index is -0.788. The summed E-state index contributed by atoms with van der Waals surface area (Å²) >= 11 is 6.73. The number of halogens is 3. The third-order valence-corrected chi connectivity index (χ3v) is 7.26. The van der Waals surface area contributed by atoms with Crippen molar-refractivity contribution in [2.75, 3.05) is 26.2 Å². The van der Waals surface area contributed by atoms with Crippen LogP contribution in [0.5, 0.6) is 11.5 Å². The Morgan fingerprint density at radius 3 is 2.79 bits per heavy atom. The number of imidazole rings is 1. The second-order valence-corrected chi connectivity index (χ2v) is 9.51. The van der Waals surface area contributed by atoms with E-state index in [4.69, 9.17) is 16.3 Å². The predicted octanol–water partition coefficient (Wildman–Crippen LogP) is 3.96. The lowest BCUT2D eigenvalue weighted by Crippen LogP contribution is -2.57. The number of phenolic OH excluding ortho intramolecular Hbond substituents is 1. The number of aromatic nitrogens is 3. The number of ether oxygens (including phenoxy) is 1. The van der Waals surface area contributed by atoms with Crippen molar-refractivity contribution in [2.24, 2.45) is 0 Å². The van der Waals surface area contributed by atoms with Crippen molar-refractivity contribution in [3.8, 4) is 28.6 Å². The summed E-state index contributed by atoms with van der Waals surface area (Å²) in [5.74, 6) is -2.47. The van der Waals surface area contributed by atoms with Gasteiger partial charge >= 0.3 is 0 Å². The van der Waals surface area contributed by atoms with Gasteiger partial charge in [0.2, 0.25) is 5.91 Å². The smallest absolute Gasteiger partial charge is 0.261 e. The molecule has 2 aliphatic heterocycles. The van der Waals surface area contributed by atoms with Crippen LogP contribution in [0.3, 0.4) is 0 Å². The van der Waals surface area contributed by atoms with E-state index < -0.39 is 29.3 Å². The molecule has 0 saturated carbocycles. The first-order chi connectivity index (χ1) is 18.8. The topological polar surface area (TPSA) is 101 Å².